The molecule has 0 radical (unpaired) electrons. The van der Waals surface area contributed by atoms with E-state index in [0.717, 1.165) is 112 Å². The minimum atomic E-state index is -0.397. The van der Waals surface area contributed by atoms with Crippen molar-refractivity contribution in [2.45, 2.75) is 51.9 Å². The molecule has 0 amide bonds. The summed E-state index contributed by atoms with van der Waals surface area (Å²) in [5.41, 5.74) is 13.1. The minimum absolute atomic E-state index is 0.185. The minimum Gasteiger partial charge on any atom is -0.456 e. The van der Waals surface area contributed by atoms with Crippen LogP contribution in [0.25, 0.3) is 88.5 Å². The predicted octanol–water partition coefficient (Wildman–Crippen LogP) is 12.5. The zero-order valence-electron chi connectivity index (χ0n) is 30.9. The third-order valence-corrected chi connectivity index (χ3v) is 10.6. The Kier molecular flexibility index (Phi) is 7.05. The van der Waals surface area contributed by atoms with Crippen molar-refractivity contribution >= 4 is 65.9 Å². The molecule has 6 aromatic carbocycles. The summed E-state index contributed by atoms with van der Waals surface area (Å²) in [5.74, 6) is 0. The molecule has 0 aliphatic heterocycles. The van der Waals surface area contributed by atoms with Gasteiger partial charge in [0, 0.05) is 43.5 Å². The van der Waals surface area contributed by atoms with Gasteiger partial charge in [-0.1, -0.05) is 101 Å². The average molecular weight is 703 g/mol. The number of rotatable bonds is 5. The Morgan fingerprint density at radius 2 is 1.07 bits per heavy atom. The molecular formula is C48H38N4O2. The summed E-state index contributed by atoms with van der Waals surface area (Å²) < 4.78 is 13.0. The third-order valence-electron chi connectivity index (χ3n) is 10.6. The van der Waals surface area contributed by atoms with E-state index in [1.54, 1.807) is 0 Å². The molecule has 4 heterocycles. The van der Waals surface area contributed by atoms with E-state index in [1.807, 2.05) is 60.7 Å². The van der Waals surface area contributed by atoms with Crippen LogP contribution in [0.3, 0.4) is 0 Å². The van der Waals surface area contributed by atoms with Crippen molar-refractivity contribution in [3.63, 3.8) is 0 Å². The highest BCUT2D eigenvalue weighted by atomic mass is 16.3. The normalized spacial score (nSPS) is 12.6. The molecule has 4 aromatic heterocycles. The standard InChI is InChI=1S/C48H38N4O2/c1-47(2,3)45-42(49-35-16-7-9-18-37(35)51-45)29-22-24-40-34(26-29)31-23-21-28(25-41(31)53-40)27-48(4,5)46-43(50-36-17-8-10-19-38(36)52-46)33-15-12-14-32-30-13-6-11-20-39(30)54-44(32)33/h6-26H,27H2,1-5H3. The zero-order valence-corrected chi connectivity index (χ0v) is 30.9. The van der Waals surface area contributed by atoms with Crippen molar-refractivity contribution in [3.8, 4) is 22.5 Å². The van der Waals surface area contributed by atoms with Crippen LogP contribution in [-0.2, 0) is 17.3 Å². The van der Waals surface area contributed by atoms with Gasteiger partial charge >= 0.3 is 0 Å². The summed E-state index contributed by atoms with van der Waals surface area (Å²) >= 11 is 0. The number of hydrogen-bond acceptors (Lipinski definition) is 6. The Morgan fingerprint density at radius 3 is 1.81 bits per heavy atom. The number of hydrogen-bond donors (Lipinski definition) is 0. The van der Waals surface area contributed by atoms with E-state index < -0.39 is 5.41 Å². The maximum atomic E-state index is 6.52. The molecule has 0 fully saturated rings. The van der Waals surface area contributed by atoms with Gasteiger partial charge in [0.25, 0.3) is 0 Å². The van der Waals surface area contributed by atoms with Crippen LogP contribution < -0.4 is 0 Å². The fraction of sp³-hybridized carbons (Fsp3) is 0.167. The number of benzene rings is 6. The molecule has 0 aliphatic carbocycles. The van der Waals surface area contributed by atoms with Crippen LogP contribution in [0, 0.1) is 0 Å². The topological polar surface area (TPSA) is 77.8 Å². The molecular weight excluding hydrogens is 665 g/mol. The van der Waals surface area contributed by atoms with E-state index in [1.165, 1.54) is 0 Å². The SMILES string of the molecule is CC(C)(C)c1nc2ccccc2nc1-c1ccc2oc3cc(CC(C)(C)c4nc5ccccc5nc4-c4cccc5c4oc4ccccc45)ccc3c2c1. The molecule has 54 heavy (non-hydrogen) atoms. The molecule has 0 spiro atoms. The highest BCUT2D eigenvalue weighted by molar-refractivity contribution is 6.10. The van der Waals surface area contributed by atoms with E-state index in [2.05, 4.69) is 101 Å². The third kappa shape index (κ3) is 5.24. The summed E-state index contributed by atoms with van der Waals surface area (Å²) in [6.07, 6.45) is 0.725. The Morgan fingerprint density at radius 1 is 0.463 bits per heavy atom. The average Bonchev–Trinajstić information content (AvgIpc) is 3.74. The van der Waals surface area contributed by atoms with Crippen LogP contribution >= 0.6 is 0 Å². The number of fused-ring (bicyclic) bond motifs is 8. The molecule has 262 valence electrons. The summed E-state index contributed by atoms with van der Waals surface area (Å²) in [6, 6.07) is 43.6. The van der Waals surface area contributed by atoms with E-state index in [9.17, 15) is 0 Å². The van der Waals surface area contributed by atoms with Gasteiger partial charge in [-0.2, -0.15) is 0 Å². The van der Waals surface area contributed by atoms with Gasteiger partial charge in [0.15, 0.2) is 0 Å². The fourth-order valence-corrected chi connectivity index (χ4v) is 7.99. The first-order valence-electron chi connectivity index (χ1n) is 18.5. The van der Waals surface area contributed by atoms with Crippen LogP contribution in [0.4, 0.5) is 0 Å². The van der Waals surface area contributed by atoms with Crippen molar-refractivity contribution in [3.05, 3.63) is 144 Å². The highest BCUT2D eigenvalue weighted by Gasteiger charge is 2.30. The van der Waals surface area contributed by atoms with Gasteiger partial charge in [-0.3, -0.25) is 0 Å². The Hall–Kier alpha value is -6.40. The lowest BCUT2D eigenvalue weighted by atomic mass is 9.80. The molecule has 0 atom stereocenters. The molecule has 0 saturated heterocycles. The van der Waals surface area contributed by atoms with Crippen LogP contribution in [0.1, 0.15) is 51.6 Å². The molecule has 0 bridgehead atoms. The second kappa shape index (κ2) is 11.8. The lowest BCUT2D eigenvalue weighted by Gasteiger charge is -2.27. The molecule has 10 aromatic rings. The van der Waals surface area contributed by atoms with Gasteiger partial charge in [-0.05, 0) is 72.6 Å². The Bertz CT molecular complexity index is 3110. The first kappa shape index (κ1) is 32.3. The van der Waals surface area contributed by atoms with Crippen molar-refractivity contribution in [1.29, 1.82) is 0 Å². The maximum absolute atomic E-state index is 6.52. The highest BCUT2D eigenvalue weighted by Crippen LogP contribution is 2.41. The van der Waals surface area contributed by atoms with Gasteiger partial charge in [0.05, 0.1) is 44.8 Å². The second-order valence-electron chi connectivity index (χ2n) is 16.1. The molecule has 10 rings (SSSR count). The van der Waals surface area contributed by atoms with Gasteiger partial charge in [0.1, 0.15) is 22.3 Å². The first-order chi connectivity index (χ1) is 26.1. The summed E-state index contributed by atoms with van der Waals surface area (Å²) in [5, 5.41) is 4.30. The molecule has 0 N–H and O–H groups in total. The molecule has 0 aliphatic rings. The zero-order chi connectivity index (χ0) is 36.8. The molecule has 0 unspecified atom stereocenters. The van der Waals surface area contributed by atoms with Gasteiger partial charge < -0.3 is 8.83 Å². The smallest absolute Gasteiger partial charge is 0.144 e. The molecule has 6 nitrogen and oxygen atoms in total. The first-order valence-corrected chi connectivity index (χ1v) is 18.5. The van der Waals surface area contributed by atoms with Crippen molar-refractivity contribution in [2.75, 3.05) is 0 Å². The Labute approximate surface area is 312 Å². The lowest BCUT2D eigenvalue weighted by Crippen LogP contribution is -2.24. The monoisotopic (exact) mass is 702 g/mol. The van der Waals surface area contributed by atoms with Crippen LogP contribution in [0.5, 0.6) is 0 Å². The van der Waals surface area contributed by atoms with E-state index in [-0.39, 0.29) is 5.41 Å². The van der Waals surface area contributed by atoms with Crippen LogP contribution in [0.2, 0.25) is 0 Å². The van der Waals surface area contributed by atoms with Gasteiger partial charge in [-0.15, -0.1) is 0 Å². The molecule has 0 saturated carbocycles. The Balaban J connectivity index is 1.06. The van der Waals surface area contributed by atoms with Crippen molar-refractivity contribution in [2.24, 2.45) is 0 Å². The fourth-order valence-electron chi connectivity index (χ4n) is 7.99. The predicted molar refractivity (Wildman–Crippen MR) is 220 cm³/mol. The summed E-state index contributed by atoms with van der Waals surface area (Å²) in [4.78, 5) is 20.8. The maximum Gasteiger partial charge on any atom is 0.144 e. The summed E-state index contributed by atoms with van der Waals surface area (Å²) in [7, 11) is 0. The van der Waals surface area contributed by atoms with E-state index in [4.69, 9.17) is 28.8 Å². The van der Waals surface area contributed by atoms with Crippen molar-refractivity contribution < 1.29 is 8.83 Å². The second-order valence-corrected chi connectivity index (χ2v) is 16.1. The van der Waals surface area contributed by atoms with Crippen LogP contribution in [-0.4, -0.2) is 19.9 Å². The number of para-hydroxylation sites is 6. The van der Waals surface area contributed by atoms with E-state index >= 15 is 0 Å². The molecule has 6 heteroatoms. The lowest BCUT2D eigenvalue weighted by molar-refractivity contribution is 0.507. The van der Waals surface area contributed by atoms with E-state index in [0.29, 0.717) is 0 Å². The largest absolute Gasteiger partial charge is 0.456 e. The number of nitrogens with zero attached hydrogens (tertiary/aromatic N) is 4. The number of furan rings is 2. The van der Waals surface area contributed by atoms with Crippen LogP contribution in [0.15, 0.2) is 136 Å². The van der Waals surface area contributed by atoms with Gasteiger partial charge in [-0.25, -0.2) is 19.9 Å². The summed E-state index contributed by atoms with van der Waals surface area (Å²) in [6.45, 7) is 11.1. The quantitative estimate of drug-likeness (QED) is 0.178. The number of aromatic nitrogens is 4. The van der Waals surface area contributed by atoms with Crippen molar-refractivity contribution in [1.82, 2.24) is 19.9 Å². The van der Waals surface area contributed by atoms with Gasteiger partial charge in [0.2, 0.25) is 0 Å².